The van der Waals surface area contributed by atoms with E-state index in [1.54, 1.807) is 6.20 Å². The lowest BCUT2D eigenvalue weighted by molar-refractivity contribution is -0.138. The summed E-state index contributed by atoms with van der Waals surface area (Å²) >= 11 is 3.36. The fourth-order valence-electron chi connectivity index (χ4n) is 3.14. The quantitative estimate of drug-likeness (QED) is 0.790. The van der Waals surface area contributed by atoms with Crippen LogP contribution in [0.25, 0.3) is 0 Å². The summed E-state index contributed by atoms with van der Waals surface area (Å²) in [6.07, 6.45) is 3.74. The Kier molecular flexibility index (Phi) is 5.87. The number of hydrogen-bond donors (Lipinski definition) is 0. The summed E-state index contributed by atoms with van der Waals surface area (Å²) < 4.78 is 0.819. The number of anilines is 1. The Labute approximate surface area is 152 Å². The zero-order chi connectivity index (χ0) is 17.9. The molecule has 1 aromatic rings. The van der Waals surface area contributed by atoms with Crippen LogP contribution in [0.5, 0.6) is 0 Å². The van der Waals surface area contributed by atoms with Gasteiger partial charge in [0.15, 0.2) is 0 Å². The third-order valence-corrected chi connectivity index (χ3v) is 4.82. The van der Waals surface area contributed by atoms with E-state index in [0.717, 1.165) is 42.8 Å². The molecule has 6 heteroatoms. The number of hydrogen-bond acceptors (Lipinski definition) is 4. The Morgan fingerprint density at radius 2 is 2.08 bits per heavy atom. The Hall–Kier alpha value is -1.61. The number of piperidine rings is 1. The lowest BCUT2D eigenvalue weighted by Gasteiger charge is -2.36. The number of amides is 1. The summed E-state index contributed by atoms with van der Waals surface area (Å²) in [7, 11) is 1.89. The highest BCUT2D eigenvalue weighted by molar-refractivity contribution is 9.10. The second kappa shape index (κ2) is 7.52. The fraction of sp³-hybridized carbons (Fsp3) is 0.611. The minimum atomic E-state index is -0.335. The molecule has 1 aromatic heterocycles. The third-order valence-electron chi connectivity index (χ3n) is 4.39. The number of halogens is 1. The molecule has 2 rings (SSSR count). The lowest BCUT2D eigenvalue weighted by Crippen LogP contribution is -2.43. The van der Waals surface area contributed by atoms with Crippen molar-refractivity contribution in [3.63, 3.8) is 0 Å². The molecule has 0 aliphatic carbocycles. The molecule has 5 nitrogen and oxygen atoms in total. The van der Waals surface area contributed by atoms with Gasteiger partial charge in [0.2, 0.25) is 5.91 Å². The van der Waals surface area contributed by atoms with Gasteiger partial charge in [0.05, 0.1) is 5.56 Å². The fourth-order valence-corrected chi connectivity index (χ4v) is 3.47. The topological polar surface area (TPSA) is 60.2 Å². The Morgan fingerprint density at radius 1 is 1.46 bits per heavy atom. The minimum Gasteiger partial charge on any atom is -0.356 e. The van der Waals surface area contributed by atoms with Crippen molar-refractivity contribution in [3.05, 3.63) is 22.3 Å². The average Bonchev–Trinajstić information content (AvgIpc) is 2.54. The Balaban J connectivity index is 1.95. The van der Waals surface area contributed by atoms with Gasteiger partial charge in [0.1, 0.15) is 11.9 Å². The van der Waals surface area contributed by atoms with Crippen LogP contribution in [-0.2, 0) is 4.79 Å². The number of aromatic nitrogens is 1. The number of pyridine rings is 1. The molecule has 24 heavy (non-hydrogen) atoms. The molecule has 0 radical (unpaired) electrons. The summed E-state index contributed by atoms with van der Waals surface area (Å²) in [5.41, 5.74) is 0.265. The molecule has 0 bridgehead atoms. The van der Waals surface area contributed by atoms with Crippen molar-refractivity contribution in [3.8, 4) is 6.07 Å². The predicted molar refractivity (Wildman–Crippen MR) is 98.7 cm³/mol. The number of nitrogens with zero attached hydrogens (tertiary/aromatic N) is 4. The van der Waals surface area contributed by atoms with Crippen LogP contribution in [0.1, 0.15) is 39.2 Å². The standard InChI is InChI=1S/C18H25BrN4O/c1-18(2,3)17(24)22(4)12-13-5-7-23(8-6-13)16-14(10-20)9-15(19)11-21-16/h9,11,13H,5-8,12H2,1-4H3. The van der Waals surface area contributed by atoms with Crippen molar-refractivity contribution in [1.82, 2.24) is 9.88 Å². The maximum Gasteiger partial charge on any atom is 0.227 e. The molecule has 1 amide bonds. The van der Waals surface area contributed by atoms with Crippen molar-refractivity contribution in [2.45, 2.75) is 33.6 Å². The molecule has 0 saturated carbocycles. The van der Waals surface area contributed by atoms with Crippen LogP contribution in [0, 0.1) is 22.7 Å². The highest BCUT2D eigenvalue weighted by Gasteiger charge is 2.28. The zero-order valence-electron chi connectivity index (χ0n) is 14.8. The van der Waals surface area contributed by atoms with Crippen molar-refractivity contribution < 1.29 is 4.79 Å². The second-order valence-corrected chi connectivity index (χ2v) is 8.42. The van der Waals surface area contributed by atoms with Crippen LogP contribution >= 0.6 is 15.9 Å². The van der Waals surface area contributed by atoms with Gasteiger partial charge in [-0.15, -0.1) is 0 Å². The van der Waals surface area contributed by atoms with Crippen LogP contribution in [0.2, 0.25) is 0 Å². The van der Waals surface area contributed by atoms with E-state index in [0.29, 0.717) is 11.5 Å². The molecular weight excluding hydrogens is 368 g/mol. The van der Waals surface area contributed by atoms with Crippen molar-refractivity contribution in [2.75, 3.05) is 31.6 Å². The molecule has 2 heterocycles. The van der Waals surface area contributed by atoms with Gasteiger partial charge in [-0.25, -0.2) is 4.98 Å². The van der Waals surface area contributed by atoms with Gasteiger partial charge >= 0.3 is 0 Å². The van der Waals surface area contributed by atoms with Gasteiger partial charge in [-0.2, -0.15) is 5.26 Å². The van der Waals surface area contributed by atoms with Gasteiger partial charge in [0.25, 0.3) is 0 Å². The summed E-state index contributed by atoms with van der Waals surface area (Å²) in [4.78, 5) is 20.7. The van der Waals surface area contributed by atoms with E-state index in [1.165, 1.54) is 0 Å². The maximum atomic E-state index is 12.3. The van der Waals surface area contributed by atoms with Gasteiger partial charge in [-0.05, 0) is 40.8 Å². The summed E-state index contributed by atoms with van der Waals surface area (Å²) in [5.74, 6) is 1.45. The van der Waals surface area contributed by atoms with E-state index in [9.17, 15) is 10.1 Å². The first-order valence-electron chi connectivity index (χ1n) is 8.28. The van der Waals surface area contributed by atoms with Crippen LogP contribution in [-0.4, -0.2) is 42.5 Å². The van der Waals surface area contributed by atoms with E-state index in [2.05, 4.69) is 31.9 Å². The van der Waals surface area contributed by atoms with Gasteiger partial charge in [0, 0.05) is 42.8 Å². The smallest absolute Gasteiger partial charge is 0.227 e. The van der Waals surface area contributed by atoms with E-state index in [1.807, 2.05) is 38.8 Å². The van der Waals surface area contributed by atoms with Crippen molar-refractivity contribution in [2.24, 2.45) is 11.3 Å². The number of carbonyl (C=O) groups excluding carboxylic acids is 1. The molecule has 1 fully saturated rings. The molecule has 0 unspecified atom stereocenters. The Morgan fingerprint density at radius 3 is 2.62 bits per heavy atom. The zero-order valence-corrected chi connectivity index (χ0v) is 16.4. The largest absolute Gasteiger partial charge is 0.356 e. The molecule has 1 saturated heterocycles. The van der Waals surface area contributed by atoms with Gasteiger partial charge in [-0.1, -0.05) is 20.8 Å². The molecule has 0 N–H and O–H groups in total. The summed E-state index contributed by atoms with van der Waals surface area (Å²) in [6.45, 7) is 8.39. The molecule has 1 aliphatic heterocycles. The SMILES string of the molecule is CN(CC1CCN(c2ncc(Br)cc2C#N)CC1)C(=O)C(C)(C)C. The van der Waals surface area contributed by atoms with Crippen LogP contribution in [0.15, 0.2) is 16.7 Å². The molecule has 0 atom stereocenters. The highest BCUT2D eigenvalue weighted by Crippen LogP contribution is 2.27. The van der Waals surface area contributed by atoms with Crippen LogP contribution in [0.3, 0.4) is 0 Å². The van der Waals surface area contributed by atoms with Crippen LogP contribution in [0.4, 0.5) is 5.82 Å². The first kappa shape index (κ1) is 18.7. The van der Waals surface area contributed by atoms with Crippen LogP contribution < -0.4 is 4.90 Å². The van der Waals surface area contributed by atoms with Gasteiger partial charge in [-0.3, -0.25) is 4.79 Å². The predicted octanol–water partition coefficient (Wildman–Crippen LogP) is 3.44. The van der Waals surface area contributed by atoms with Crippen molar-refractivity contribution in [1.29, 1.82) is 5.26 Å². The minimum absolute atomic E-state index is 0.186. The normalized spacial score (nSPS) is 15.9. The van der Waals surface area contributed by atoms with Crippen molar-refractivity contribution >= 4 is 27.7 Å². The lowest BCUT2D eigenvalue weighted by atomic mass is 9.92. The number of carbonyl (C=O) groups is 1. The highest BCUT2D eigenvalue weighted by atomic mass is 79.9. The molecule has 0 spiro atoms. The maximum absolute atomic E-state index is 12.3. The average molecular weight is 393 g/mol. The number of rotatable bonds is 3. The molecule has 130 valence electrons. The van der Waals surface area contributed by atoms with E-state index < -0.39 is 0 Å². The monoisotopic (exact) mass is 392 g/mol. The summed E-state index contributed by atoms with van der Waals surface area (Å²) in [6, 6.07) is 4.03. The first-order valence-corrected chi connectivity index (χ1v) is 9.08. The third kappa shape index (κ3) is 4.47. The second-order valence-electron chi connectivity index (χ2n) is 7.50. The van der Waals surface area contributed by atoms with E-state index in [4.69, 9.17) is 0 Å². The Bertz CT molecular complexity index is 639. The van der Waals surface area contributed by atoms with E-state index in [-0.39, 0.29) is 11.3 Å². The van der Waals surface area contributed by atoms with Gasteiger partial charge < -0.3 is 9.80 Å². The molecule has 1 aliphatic rings. The summed E-state index contributed by atoms with van der Waals surface area (Å²) in [5, 5.41) is 9.30. The molecular formula is C18H25BrN4O. The number of nitriles is 1. The molecule has 0 aromatic carbocycles. The van der Waals surface area contributed by atoms with E-state index >= 15 is 0 Å². The first-order chi connectivity index (χ1) is 11.2.